The second kappa shape index (κ2) is 8.02. The zero-order chi connectivity index (χ0) is 15.1. The number of benzene rings is 2. The van der Waals surface area contributed by atoms with Crippen LogP contribution in [0.4, 0.5) is 0 Å². The van der Waals surface area contributed by atoms with Crippen LogP contribution in [0.15, 0.2) is 48.5 Å². The van der Waals surface area contributed by atoms with Crippen molar-refractivity contribution in [2.45, 2.75) is 13.3 Å². The van der Waals surface area contributed by atoms with Crippen LogP contribution in [0, 0.1) is 10.5 Å². The molecular formula is C17H18INO2. The van der Waals surface area contributed by atoms with E-state index >= 15 is 0 Å². The Balaban J connectivity index is 1.72. The lowest BCUT2D eigenvalue weighted by Crippen LogP contribution is -2.30. The third kappa shape index (κ3) is 5.38. The fourth-order valence-electron chi connectivity index (χ4n) is 1.98. The molecule has 0 fully saturated rings. The number of hydrogen-bond acceptors (Lipinski definition) is 2. The smallest absolute Gasteiger partial charge is 0.257 e. The summed E-state index contributed by atoms with van der Waals surface area (Å²) in [6, 6.07) is 15.9. The van der Waals surface area contributed by atoms with E-state index in [-0.39, 0.29) is 12.5 Å². The number of amides is 1. The molecule has 4 heteroatoms. The molecule has 3 nitrogen and oxygen atoms in total. The van der Waals surface area contributed by atoms with Crippen LogP contribution < -0.4 is 10.1 Å². The van der Waals surface area contributed by atoms with Gasteiger partial charge in [0.15, 0.2) is 6.61 Å². The van der Waals surface area contributed by atoms with Crippen LogP contribution in [-0.4, -0.2) is 19.1 Å². The number of halogens is 1. The minimum atomic E-state index is -0.0950. The van der Waals surface area contributed by atoms with Crippen molar-refractivity contribution in [3.63, 3.8) is 0 Å². The van der Waals surface area contributed by atoms with Crippen molar-refractivity contribution in [3.8, 4) is 5.75 Å². The maximum absolute atomic E-state index is 11.7. The largest absolute Gasteiger partial charge is 0.484 e. The molecule has 0 aromatic heterocycles. The highest BCUT2D eigenvalue weighted by molar-refractivity contribution is 14.1. The number of rotatable bonds is 6. The molecule has 2 aromatic rings. The zero-order valence-corrected chi connectivity index (χ0v) is 14.1. The van der Waals surface area contributed by atoms with Crippen LogP contribution in [0.5, 0.6) is 5.75 Å². The Morgan fingerprint density at radius 1 is 1.19 bits per heavy atom. The molecule has 2 aromatic carbocycles. The van der Waals surface area contributed by atoms with Crippen molar-refractivity contribution in [1.82, 2.24) is 5.32 Å². The first kappa shape index (κ1) is 15.8. The number of carbonyl (C=O) groups excluding carboxylic acids is 1. The Kier molecular flexibility index (Phi) is 6.04. The van der Waals surface area contributed by atoms with Gasteiger partial charge in [0.05, 0.1) is 0 Å². The molecular weight excluding hydrogens is 377 g/mol. The first-order valence-corrected chi connectivity index (χ1v) is 7.92. The van der Waals surface area contributed by atoms with Gasteiger partial charge in [0.25, 0.3) is 5.91 Å². The van der Waals surface area contributed by atoms with E-state index < -0.39 is 0 Å². The van der Waals surface area contributed by atoms with Crippen molar-refractivity contribution >= 4 is 28.5 Å². The topological polar surface area (TPSA) is 38.3 Å². The first-order valence-electron chi connectivity index (χ1n) is 6.85. The Bertz CT molecular complexity index is 613. The number of aryl methyl sites for hydroxylation is 1. The average Bonchev–Trinajstić information content (AvgIpc) is 2.47. The lowest BCUT2D eigenvalue weighted by molar-refractivity contribution is -0.123. The zero-order valence-electron chi connectivity index (χ0n) is 11.9. The Labute approximate surface area is 138 Å². The summed E-state index contributed by atoms with van der Waals surface area (Å²) >= 11 is 2.21. The van der Waals surface area contributed by atoms with Crippen LogP contribution in [0.3, 0.4) is 0 Å². The molecule has 0 spiro atoms. The summed E-state index contributed by atoms with van der Waals surface area (Å²) < 4.78 is 6.55. The quantitative estimate of drug-likeness (QED) is 0.763. The van der Waals surface area contributed by atoms with E-state index in [1.54, 1.807) is 0 Å². The molecule has 21 heavy (non-hydrogen) atoms. The van der Waals surface area contributed by atoms with E-state index in [0.29, 0.717) is 6.54 Å². The highest BCUT2D eigenvalue weighted by Crippen LogP contribution is 2.14. The number of nitrogens with one attached hydrogen (secondary N) is 1. The van der Waals surface area contributed by atoms with Crippen molar-refractivity contribution in [2.24, 2.45) is 0 Å². The summed E-state index contributed by atoms with van der Waals surface area (Å²) in [6.45, 7) is 2.75. The van der Waals surface area contributed by atoms with Gasteiger partial charge >= 0.3 is 0 Å². The molecule has 0 aliphatic carbocycles. The normalized spacial score (nSPS) is 10.2. The van der Waals surface area contributed by atoms with Gasteiger partial charge in [-0.1, -0.05) is 30.3 Å². The maximum atomic E-state index is 11.7. The van der Waals surface area contributed by atoms with E-state index in [9.17, 15) is 4.79 Å². The maximum Gasteiger partial charge on any atom is 0.257 e. The molecule has 0 bridgehead atoms. The molecule has 2 rings (SSSR count). The van der Waals surface area contributed by atoms with Gasteiger partial charge in [0, 0.05) is 10.1 Å². The van der Waals surface area contributed by atoms with E-state index in [4.69, 9.17) is 4.74 Å². The average molecular weight is 395 g/mol. The van der Waals surface area contributed by atoms with E-state index in [1.807, 2.05) is 36.4 Å². The molecule has 0 aliphatic rings. The summed E-state index contributed by atoms with van der Waals surface area (Å²) in [5, 5.41) is 2.88. The highest BCUT2D eigenvalue weighted by atomic mass is 127. The summed E-state index contributed by atoms with van der Waals surface area (Å²) in [5.41, 5.74) is 2.51. The minimum Gasteiger partial charge on any atom is -0.484 e. The number of hydrogen-bond donors (Lipinski definition) is 1. The summed E-state index contributed by atoms with van der Waals surface area (Å²) in [5.74, 6) is 0.624. The Morgan fingerprint density at radius 2 is 2.00 bits per heavy atom. The van der Waals surface area contributed by atoms with Crippen LogP contribution in [-0.2, 0) is 11.2 Å². The third-order valence-electron chi connectivity index (χ3n) is 3.14. The van der Waals surface area contributed by atoms with Crippen molar-refractivity contribution in [2.75, 3.05) is 13.2 Å². The van der Waals surface area contributed by atoms with Crippen LogP contribution >= 0.6 is 22.6 Å². The van der Waals surface area contributed by atoms with Gasteiger partial charge < -0.3 is 10.1 Å². The summed E-state index contributed by atoms with van der Waals surface area (Å²) in [7, 11) is 0. The second-order valence-corrected chi connectivity index (χ2v) is 6.02. The summed E-state index contributed by atoms with van der Waals surface area (Å²) in [6.07, 6.45) is 0.835. The minimum absolute atomic E-state index is 0.0495. The van der Waals surface area contributed by atoms with Gasteiger partial charge in [-0.3, -0.25) is 4.79 Å². The molecule has 0 saturated carbocycles. The van der Waals surface area contributed by atoms with Crippen molar-refractivity contribution in [1.29, 1.82) is 0 Å². The Hall–Kier alpha value is -1.56. The molecule has 110 valence electrons. The lowest BCUT2D eigenvalue weighted by atomic mass is 10.1. The first-order chi connectivity index (χ1) is 10.1. The second-order valence-electron chi connectivity index (χ2n) is 4.77. The number of ether oxygens (including phenoxy) is 1. The highest BCUT2D eigenvalue weighted by Gasteiger charge is 2.03. The molecule has 0 atom stereocenters. The predicted octanol–water partition coefficient (Wildman–Crippen LogP) is 3.34. The SMILES string of the molecule is Cc1ccccc1CCNC(=O)COc1cccc(I)c1. The summed E-state index contributed by atoms with van der Waals surface area (Å²) in [4.78, 5) is 11.7. The Morgan fingerprint density at radius 3 is 2.76 bits per heavy atom. The van der Waals surface area contributed by atoms with Crippen LogP contribution in [0.2, 0.25) is 0 Å². The van der Waals surface area contributed by atoms with Gasteiger partial charge in [-0.2, -0.15) is 0 Å². The van der Waals surface area contributed by atoms with Gasteiger partial charge in [-0.05, 0) is 65.3 Å². The monoisotopic (exact) mass is 395 g/mol. The fourth-order valence-corrected chi connectivity index (χ4v) is 2.50. The van der Waals surface area contributed by atoms with Gasteiger partial charge in [0.1, 0.15) is 5.75 Å². The third-order valence-corrected chi connectivity index (χ3v) is 3.81. The van der Waals surface area contributed by atoms with E-state index in [0.717, 1.165) is 15.7 Å². The number of carbonyl (C=O) groups is 1. The molecule has 0 heterocycles. The van der Waals surface area contributed by atoms with Crippen molar-refractivity contribution < 1.29 is 9.53 Å². The van der Waals surface area contributed by atoms with Gasteiger partial charge in [0.2, 0.25) is 0 Å². The molecule has 0 saturated heterocycles. The van der Waals surface area contributed by atoms with E-state index in [1.165, 1.54) is 11.1 Å². The standard InChI is InChI=1S/C17H18INO2/c1-13-5-2-3-6-14(13)9-10-19-17(20)12-21-16-8-4-7-15(18)11-16/h2-8,11H,9-10,12H2,1H3,(H,19,20). The fraction of sp³-hybridized carbons (Fsp3) is 0.235. The van der Waals surface area contributed by atoms with Crippen molar-refractivity contribution in [3.05, 3.63) is 63.2 Å². The van der Waals surface area contributed by atoms with Gasteiger partial charge in [-0.25, -0.2) is 0 Å². The molecule has 1 N–H and O–H groups in total. The predicted molar refractivity (Wildman–Crippen MR) is 92.5 cm³/mol. The molecule has 0 aliphatic heterocycles. The van der Waals surface area contributed by atoms with Gasteiger partial charge in [-0.15, -0.1) is 0 Å². The molecule has 0 unspecified atom stereocenters. The molecule has 1 amide bonds. The lowest BCUT2D eigenvalue weighted by Gasteiger charge is -2.09. The van der Waals surface area contributed by atoms with Crippen LogP contribution in [0.25, 0.3) is 0 Å². The molecule has 0 radical (unpaired) electrons. The van der Waals surface area contributed by atoms with E-state index in [2.05, 4.69) is 47.0 Å². The van der Waals surface area contributed by atoms with Crippen LogP contribution in [0.1, 0.15) is 11.1 Å².